The van der Waals surface area contributed by atoms with Gasteiger partial charge in [0, 0.05) is 25.4 Å². The lowest BCUT2D eigenvalue weighted by Gasteiger charge is -2.04. The number of rotatable bonds is 20. The van der Waals surface area contributed by atoms with Gasteiger partial charge in [-0.25, -0.2) is 0 Å². The summed E-state index contributed by atoms with van der Waals surface area (Å²) in [6, 6.07) is 0. The Hall–Kier alpha value is -1.39. The second kappa shape index (κ2) is 17.5. The molecule has 0 bridgehead atoms. The maximum absolute atomic E-state index is 10.4. The average Bonchev–Trinajstić information content (AvgIpc) is 3.01. The third-order valence-electron chi connectivity index (χ3n) is 6.04. The third kappa shape index (κ3) is 14.3. The maximum Gasteiger partial charge on any atom is 0.303 e. The van der Waals surface area contributed by atoms with Gasteiger partial charge in [0.25, 0.3) is 0 Å². The second-order valence-corrected chi connectivity index (χ2v) is 8.69. The Balaban J connectivity index is 1.72. The third-order valence-corrected chi connectivity index (χ3v) is 6.04. The van der Waals surface area contributed by atoms with Crippen LogP contribution in [0.4, 0.5) is 0 Å². The monoisotopic (exact) mass is 408 g/mol. The van der Waals surface area contributed by atoms with Gasteiger partial charge in [-0.2, -0.15) is 4.68 Å². The summed E-state index contributed by atoms with van der Waals surface area (Å²) in [7, 11) is 0. The van der Waals surface area contributed by atoms with Crippen LogP contribution in [0, 0.1) is 13.8 Å². The van der Waals surface area contributed by atoms with Crippen LogP contribution < -0.4 is 4.68 Å². The molecule has 0 saturated carbocycles. The molecule has 2 N–H and O–H groups in total. The van der Waals surface area contributed by atoms with E-state index in [-0.39, 0.29) is 0 Å². The number of hydrogen-bond acceptors (Lipinski definition) is 2. The van der Waals surface area contributed by atoms with Gasteiger partial charge in [0.05, 0.1) is 0 Å². The van der Waals surface area contributed by atoms with Crippen molar-refractivity contribution in [1.82, 2.24) is 10.3 Å². The van der Waals surface area contributed by atoms with E-state index < -0.39 is 5.97 Å². The van der Waals surface area contributed by atoms with Gasteiger partial charge in [-0.1, -0.05) is 95.1 Å². The van der Waals surface area contributed by atoms with Crippen molar-refractivity contribution in [3.63, 3.8) is 0 Å². The molecule has 0 amide bonds. The Morgan fingerprint density at radius 3 is 1.45 bits per heavy atom. The normalized spacial score (nSPS) is 11.2. The minimum atomic E-state index is -0.657. The molecule has 29 heavy (non-hydrogen) atoms. The Morgan fingerprint density at radius 1 is 0.724 bits per heavy atom. The van der Waals surface area contributed by atoms with Gasteiger partial charge in [-0.15, -0.1) is 0 Å². The highest BCUT2D eigenvalue weighted by Gasteiger charge is 2.11. The first-order valence-corrected chi connectivity index (χ1v) is 12.2. The number of aliphatic carboxylic acids is 1. The molecule has 0 fully saturated rings. The Morgan fingerprint density at radius 2 is 1.10 bits per heavy atom. The number of aromatic amines is 1. The SMILES string of the molecule is Cc1n[nH][n+](CCCCCCCCCCCCCCCCCCCC(=O)O)c1C. The number of nitrogens with zero attached hydrogens (tertiary/aromatic N) is 2. The van der Waals surface area contributed by atoms with Crippen LogP contribution in [0.3, 0.4) is 0 Å². The van der Waals surface area contributed by atoms with Crippen molar-refractivity contribution in [1.29, 1.82) is 0 Å². The molecule has 0 unspecified atom stereocenters. The molecule has 1 aromatic heterocycles. The molecule has 0 aliphatic rings. The maximum atomic E-state index is 10.4. The van der Waals surface area contributed by atoms with Crippen molar-refractivity contribution in [2.75, 3.05) is 0 Å². The standard InChI is InChI=1S/C24H45N3O2/c1-22-23(2)27(26-25-22)21-19-17-15-13-11-9-7-5-3-4-6-8-10-12-14-16-18-20-24(28)29/h3-21H2,1-2H3,(H,28,29)/p+1. The highest BCUT2D eigenvalue weighted by Crippen LogP contribution is 2.14. The lowest BCUT2D eigenvalue weighted by Crippen LogP contribution is -2.38. The number of carboxylic acid groups (broad SMARTS) is 1. The molecule has 0 atom stereocenters. The fraction of sp³-hybridized carbons (Fsp3) is 0.875. The molecule has 5 nitrogen and oxygen atoms in total. The minimum absolute atomic E-state index is 0.338. The van der Waals surface area contributed by atoms with Gasteiger partial charge in [0.15, 0.2) is 5.69 Å². The predicted octanol–water partition coefficient (Wildman–Crippen LogP) is 6.42. The van der Waals surface area contributed by atoms with Crippen molar-refractivity contribution in [3.05, 3.63) is 11.4 Å². The van der Waals surface area contributed by atoms with Crippen molar-refractivity contribution in [2.24, 2.45) is 0 Å². The molecule has 1 heterocycles. The van der Waals surface area contributed by atoms with E-state index in [0.29, 0.717) is 6.42 Å². The number of aromatic nitrogens is 3. The molecule has 0 spiro atoms. The lowest BCUT2D eigenvalue weighted by molar-refractivity contribution is -0.759. The highest BCUT2D eigenvalue weighted by atomic mass is 16.4. The zero-order valence-corrected chi connectivity index (χ0v) is 19.2. The lowest BCUT2D eigenvalue weighted by atomic mass is 10.0. The average molecular weight is 409 g/mol. The van der Waals surface area contributed by atoms with E-state index in [1.54, 1.807) is 0 Å². The zero-order chi connectivity index (χ0) is 21.2. The summed E-state index contributed by atoms with van der Waals surface area (Å²) in [4.78, 5) is 10.4. The molecule has 1 aromatic rings. The van der Waals surface area contributed by atoms with E-state index in [1.165, 1.54) is 102 Å². The van der Waals surface area contributed by atoms with E-state index in [4.69, 9.17) is 5.11 Å². The van der Waals surface area contributed by atoms with Crippen LogP contribution in [0.5, 0.6) is 0 Å². The first-order chi connectivity index (χ1) is 14.1. The summed E-state index contributed by atoms with van der Waals surface area (Å²) in [5.41, 5.74) is 2.37. The molecule has 0 aliphatic heterocycles. The smallest absolute Gasteiger partial charge is 0.303 e. The van der Waals surface area contributed by atoms with Gasteiger partial charge in [-0.3, -0.25) is 4.79 Å². The molecule has 0 aromatic carbocycles. The molecular weight excluding hydrogens is 362 g/mol. The molecule has 168 valence electrons. The van der Waals surface area contributed by atoms with Crippen molar-refractivity contribution in [3.8, 4) is 0 Å². The zero-order valence-electron chi connectivity index (χ0n) is 19.2. The molecule has 1 rings (SSSR count). The number of nitrogens with one attached hydrogen (secondary N) is 1. The van der Waals surface area contributed by atoms with E-state index in [1.807, 2.05) is 0 Å². The largest absolute Gasteiger partial charge is 0.481 e. The summed E-state index contributed by atoms with van der Waals surface area (Å²) in [5.74, 6) is -0.657. The number of unbranched alkanes of at least 4 members (excludes halogenated alkanes) is 16. The van der Waals surface area contributed by atoms with Crippen molar-refractivity contribution in [2.45, 2.75) is 136 Å². The van der Waals surface area contributed by atoms with E-state index in [0.717, 1.165) is 25.1 Å². The minimum Gasteiger partial charge on any atom is -0.481 e. The second-order valence-electron chi connectivity index (χ2n) is 8.69. The predicted molar refractivity (Wildman–Crippen MR) is 119 cm³/mol. The number of hydrogen-bond donors (Lipinski definition) is 2. The van der Waals surface area contributed by atoms with Crippen LogP contribution in [0.15, 0.2) is 0 Å². The summed E-state index contributed by atoms with van der Waals surface area (Å²) < 4.78 is 2.16. The quantitative estimate of drug-likeness (QED) is 0.193. The number of H-pyrrole nitrogens is 1. The first kappa shape index (κ1) is 25.6. The first-order valence-electron chi connectivity index (χ1n) is 12.2. The van der Waals surface area contributed by atoms with Crippen molar-refractivity contribution >= 4 is 5.97 Å². The van der Waals surface area contributed by atoms with Crippen LogP contribution in [-0.4, -0.2) is 21.4 Å². The van der Waals surface area contributed by atoms with E-state index in [2.05, 4.69) is 28.8 Å². The Kier molecular flexibility index (Phi) is 15.4. The van der Waals surface area contributed by atoms with Crippen LogP contribution in [-0.2, 0) is 11.3 Å². The van der Waals surface area contributed by atoms with Gasteiger partial charge in [0.2, 0.25) is 5.69 Å². The van der Waals surface area contributed by atoms with Crippen LogP contribution in [0.25, 0.3) is 0 Å². The topological polar surface area (TPSA) is 69.9 Å². The summed E-state index contributed by atoms with van der Waals surface area (Å²) in [6.45, 7) is 5.25. The summed E-state index contributed by atoms with van der Waals surface area (Å²) in [6.07, 6.45) is 22.5. The van der Waals surface area contributed by atoms with Crippen LogP contribution in [0.2, 0.25) is 0 Å². The fourth-order valence-electron chi connectivity index (χ4n) is 3.90. The van der Waals surface area contributed by atoms with Crippen LogP contribution >= 0.6 is 0 Å². The van der Waals surface area contributed by atoms with E-state index >= 15 is 0 Å². The van der Waals surface area contributed by atoms with Gasteiger partial charge in [-0.05, 0) is 19.3 Å². The van der Waals surface area contributed by atoms with Gasteiger partial charge < -0.3 is 5.11 Å². The van der Waals surface area contributed by atoms with E-state index in [9.17, 15) is 4.79 Å². The summed E-state index contributed by atoms with van der Waals surface area (Å²) >= 11 is 0. The van der Waals surface area contributed by atoms with Crippen molar-refractivity contribution < 1.29 is 14.6 Å². The number of carbonyl (C=O) groups is 1. The summed E-state index contributed by atoms with van der Waals surface area (Å²) in [5, 5.41) is 15.9. The van der Waals surface area contributed by atoms with Gasteiger partial charge in [0.1, 0.15) is 6.54 Å². The molecule has 5 heteroatoms. The number of carboxylic acids is 1. The molecular formula is C24H46N3O2+. The molecule has 0 aliphatic carbocycles. The Bertz CT molecular complexity index is 528. The number of aryl methyl sites for hydroxylation is 2. The Labute approximate surface area is 178 Å². The highest BCUT2D eigenvalue weighted by molar-refractivity contribution is 5.66. The van der Waals surface area contributed by atoms with Gasteiger partial charge >= 0.3 is 5.97 Å². The molecule has 0 radical (unpaired) electrons. The fourth-order valence-corrected chi connectivity index (χ4v) is 3.90. The van der Waals surface area contributed by atoms with Crippen LogP contribution in [0.1, 0.15) is 127 Å². The molecule has 0 saturated heterocycles.